The molecule has 1 atom stereocenters. The van der Waals surface area contributed by atoms with Crippen LogP contribution in [0.2, 0.25) is 0 Å². The third-order valence-electron chi connectivity index (χ3n) is 5.92. The second kappa shape index (κ2) is 11.1. The Morgan fingerprint density at radius 3 is 2.48 bits per heavy atom. The molecule has 1 aromatic carbocycles. The lowest BCUT2D eigenvalue weighted by Gasteiger charge is -2.30. The average Bonchev–Trinajstić information content (AvgIpc) is 3.12. The summed E-state index contributed by atoms with van der Waals surface area (Å²) >= 11 is 0. The lowest BCUT2D eigenvalue weighted by Crippen LogP contribution is -2.45. The number of aryl methyl sites for hydroxylation is 1. The first-order valence-electron chi connectivity index (χ1n) is 11.6. The number of benzene rings is 1. The SMILES string of the molecule is CC(=O)Nc1cccc(C(C)NC(=O)CCc2nc(C3(NC(C)=O)CCCCCC3)no2)c1. The number of nitrogens with zero attached hydrogens (tertiary/aromatic N) is 2. The first-order valence-corrected chi connectivity index (χ1v) is 11.6. The first kappa shape index (κ1) is 24.4. The van der Waals surface area contributed by atoms with Crippen LogP contribution in [0.1, 0.15) is 89.0 Å². The van der Waals surface area contributed by atoms with E-state index in [2.05, 4.69) is 26.1 Å². The van der Waals surface area contributed by atoms with Gasteiger partial charge in [0.1, 0.15) is 5.54 Å². The lowest BCUT2D eigenvalue weighted by molar-refractivity contribution is -0.122. The Morgan fingerprint density at radius 1 is 1.09 bits per heavy atom. The summed E-state index contributed by atoms with van der Waals surface area (Å²) in [4.78, 5) is 40.1. The fraction of sp³-hybridized carbons (Fsp3) is 0.542. The van der Waals surface area contributed by atoms with Crippen LogP contribution in [0.5, 0.6) is 0 Å². The zero-order chi connectivity index (χ0) is 23.8. The molecule has 1 fully saturated rings. The number of nitrogens with one attached hydrogen (secondary N) is 3. The Kier molecular flexibility index (Phi) is 8.19. The van der Waals surface area contributed by atoms with Crippen LogP contribution in [-0.4, -0.2) is 27.9 Å². The molecular weight excluding hydrogens is 422 g/mol. The average molecular weight is 456 g/mol. The summed E-state index contributed by atoms with van der Waals surface area (Å²) < 4.78 is 5.43. The van der Waals surface area contributed by atoms with Crippen molar-refractivity contribution >= 4 is 23.4 Å². The van der Waals surface area contributed by atoms with Gasteiger partial charge in [-0.05, 0) is 37.5 Å². The number of aromatic nitrogens is 2. The molecular formula is C24H33N5O4. The summed E-state index contributed by atoms with van der Waals surface area (Å²) in [6.07, 6.45) is 6.30. The molecule has 0 aliphatic heterocycles. The highest BCUT2D eigenvalue weighted by atomic mass is 16.5. The maximum absolute atomic E-state index is 12.5. The van der Waals surface area contributed by atoms with Gasteiger partial charge in [-0.25, -0.2) is 0 Å². The van der Waals surface area contributed by atoms with Gasteiger partial charge < -0.3 is 20.5 Å². The molecule has 1 aliphatic rings. The molecule has 3 amide bonds. The quantitative estimate of drug-likeness (QED) is 0.523. The zero-order valence-corrected chi connectivity index (χ0v) is 19.6. The molecule has 0 saturated heterocycles. The van der Waals surface area contributed by atoms with Gasteiger partial charge in [-0.3, -0.25) is 14.4 Å². The standard InChI is InChI=1S/C24H33N5O4/c1-16(19-9-8-10-20(15-19)26-17(2)30)25-21(32)11-12-22-27-23(29-33-22)24(28-18(3)31)13-6-4-5-7-14-24/h8-10,15-16H,4-7,11-14H2,1-3H3,(H,25,32)(H,26,30)(H,28,31). The van der Waals surface area contributed by atoms with Crippen LogP contribution >= 0.6 is 0 Å². The highest BCUT2D eigenvalue weighted by Gasteiger charge is 2.38. The highest BCUT2D eigenvalue weighted by molar-refractivity contribution is 5.88. The molecule has 9 heteroatoms. The van der Waals surface area contributed by atoms with Crippen molar-refractivity contribution in [3.63, 3.8) is 0 Å². The highest BCUT2D eigenvalue weighted by Crippen LogP contribution is 2.34. The van der Waals surface area contributed by atoms with Gasteiger partial charge in [0.25, 0.3) is 0 Å². The Balaban J connectivity index is 1.58. The van der Waals surface area contributed by atoms with Crippen molar-refractivity contribution in [1.29, 1.82) is 0 Å². The third kappa shape index (κ3) is 6.87. The lowest BCUT2D eigenvalue weighted by atomic mass is 9.89. The molecule has 2 aromatic rings. The summed E-state index contributed by atoms with van der Waals surface area (Å²) in [5.41, 5.74) is 0.978. The predicted molar refractivity (Wildman–Crippen MR) is 123 cm³/mol. The number of carbonyl (C=O) groups excluding carboxylic acids is 3. The maximum Gasteiger partial charge on any atom is 0.227 e. The molecule has 1 aliphatic carbocycles. The molecule has 9 nitrogen and oxygen atoms in total. The molecule has 178 valence electrons. The van der Waals surface area contributed by atoms with Crippen LogP contribution in [-0.2, 0) is 26.3 Å². The Morgan fingerprint density at radius 2 is 1.82 bits per heavy atom. The first-order chi connectivity index (χ1) is 15.8. The van der Waals surface area contributed by atoms with Crippen LogP contribution in [0.4, 0.5) is 5.69 Å². The van der Waals surface area contributed by atoms with Crippen LogP contribution in [0, 0.1) is 0 Å². The fourth-order valence-electron chi connectivity index (χ4n) is 4.33. The summed E-state index contributed by atoms with van der Waals surface area (Å²) in [7, 11) is 0. The van der Waals surface area contributed by atoms with Crippen molar-refractivity contribution < 1.29 is 18.9 Å². The Labute approximate surface area is 194 Å². The molecule has 1 heterocycles. The molecule has 0 radical (unpaired) electrons. The number of carbonyl (C=O) groups is 3. The van der Waals surface area contributed by atoms with Crippen molar-refractivity contribution in [2.75, 3.05) is 5.32 Å². The van der Waals surface area contributed by atoms with Gasteiger partial charge in [0.2, 0.25) is 23.6 Å². The number of hydrogen-bond acceptors (Lipinski definition) is 6. The number of anilines is 1. The normalized spacial score (nSPS) is 16.3. The minimum atomic E-state index is -0.597. The monoisotopic (exact) mass is 455 g/mol. The second-order valence-electron chi connectivity index (χ2n) is 8.79. The molecule has 3 rings (SSSR count). The molecule has 3 N–H and O–H groups in total. The second-order valence-corrected chi connectivity index (χ2v) is 8.79. The number of amides is 3. The zero-order valence-electron chi connectivity index (χ0n) is 19.6. The van der Waals surface area contributed by atoms with Gasteiger partial charge in [0.15, 0.2) is 5.82 Å². The number of hydrogen-bond donors (Lipinski definition) is 3. The van der Waals surface area contributed by atoms with Gasteiger partial charge in [0.05, 0.1) is 6.04 Å². The van der Waals surface area contributed by atoms with E-state index < -0.39 is 5.54 Å². The maximum atomic E-state index is 12.5. The van der Waals surface area contributed by atoms with E-state index in [1.807, 2.05) is 25.1 Å². The largest absolute Gasteiger partial charge is 0.350 e. The van der Waals surface area contributed by atoms with Crippen molar-refractivity contribution in [2.24, 2.45) is 0 Å². The molecule has 1 saturated carbocycles. The van der Waals surface area contributed by atoms with Crippen molar-refractivity contribution in [3.8, 4) is 0 Å². The van der Waals surface area contributed by atoms with Crippen LogP contribution < -0.4 is 16.0 Å². The smallest absolute Gasteiger partial charge is 0.227 e. The Hall–Kier alpha value is -3.23. The van der Waals surface area contributed by atoms with Crippen LogP contribution in [0.25, 0.3) is 0 Å². The minimum absolute atomic E-state index is 0.112. The van der Waals surface area contributed by atoms with E-state index >= 15 is 0 Å². The third-order valence-corrected chi connectivity index (χ3v) is 5.92. The summed E-state index contributed by atoms with van der Waals surface area (Å²) in [6, 6.07) is 7.15. The van der Waals surface area contributed by atoms with E-state index in [1.54, 1.807) is 6.07 Å². The van der Waals surface area contributed by atoms with Gasteiger partial charge in [-0.2, -0.15) is 4.98 Å². The molecule has 33 heavy (non-hydrogen) atoms. The number of rotatable bonds is 8. The molecule has 1 aromatic heterocycles. The Bertz CT molecular complexity index is 979. The van der Waals surface area contributed by atoms with Gasteiger partial charge in [-0.1, -0.05) is 43.0 Å². The van der Waals surface area contributed by atoms with E-state index in [0.717, 1.165) is 44.1 Å². The van der Waals surface area contributed by atoms with Gasteiger partial charge >= 0.3 is 0 Å². The van der Waals surface area contributed by atoms with Crippen molar-refractivity contribution in [1.82, 2.24) is 20.8 Å². The summed E-state index contributed by atoms with van der Waals surface area (Å²) in [5.74, 6) is 0.483. The van der Waals surface area contributed by atoms with Crippen LogP contribution in [0.15, 0.2) is 28.8 Å². The topological polar surface area (TPSA) is 126 Å². The van der Waals surface area contributed by atoms with Gasteiger partial charge in [-0.15, -0.1) is 0 Å². The van der Waals surface area contributed by atoms with E-state index in [0.29, 0.717) is 23.8 Å². The summed E-state index contributed by atoms with van der Waals surface area (Å²) in [5, 5.41) is 12.9. The van der Waals surface area contributed by atoms with Gasteiger partial charge in [0, 0.05) is 32.4 Å². The van der Waals surface area contributed by atoms with E-state index in [4.69, 9.17) is 4.52 Å². The predicted octanol–water partition coefficient (Wildman–Crippen LogP) is 3.52. The van der Waals surface area contributed by atoms with E-state index in [-0.39, 0.29) is 30.2 Å². The fourth-order valence-corrected chi connectivity index (χ4v) is 4.33. The van der Waals surface area contributed by atoms with E-state index in [1.165, 1.54) is 13.8 Å². The van der Waals surface area contributed by atoms with E-state index in [9.17, 15) is 14.4 Å². The molecule has 0 bridgehead atoms. The van der Waals surface area contributed by atoms with Crippen LogP contribution in [0.3, 0.4) is 0 Å². The van der Waals surface area contributed by atoms with Crippen molar-refractivity contribution in [3.05, 3.63) is 41.5 Å². The molecule has 0 spiro atoms. The van der Waals surface area contributed by atoms with Crippen molar-refractivity contribution in [2.45, 2.75) is 83.7 Å². The minimum Gasteiger partial charge on any atom is -0.350 e. The molecule has 1 unspecified atom stereocenters. The summed E-state index contributed by atoms with van der Waals surface area (Å²) in [6.45, 7) is 4.85.